The molecule has 19 heavy (non-hydrogen) atoms. The lowest BCUT2D eigenvalue weighted by Gasteiger charge is -2.21. The predicted molar refractivity (Wildman–Crippen MR) is 70.4 cm³/mol. The molecule has 1 aromatic heterocycles. The van der Waals surface area contributed by atoms with Gasteiger partial charge in [-0.2, -0.15) is 0 Å². The Morgan fingerprint density at radius 1 is 1.16 bits per heavy atom. The van der Waals surface area contributed by atoms with Crippen LogP contribution < -0.4 is 0 Å². The van der Waals surface area contributed by atoms with Gasteiger partial charge in [-0.1, -0.05) is 36.4 Å². The predicted octanol–water partition coefficient (Wildman–Crippen LogP) is 3.44. The van der Waals surface area contributed by atoms with E-state index in [-0.39, 0.29) is 12.1 Å². The molecule has 0 bridgehead atoms. The molecular weight excluding hydrogens is 240 g/mol. The average molecular weight is 254 g/mol. The van der Waals surface area contributed by atoms with Crippen molar-refractivity contribution in [1.82, 2.24) is 0 Å². The van der Waals surface area contributed by atoms with E-state index >= 15 is 0 Å². The fourth-order valence-electron chi connectivity index (χ4n) is 2.21. The van der Waals surface area contributed by atoms with Crippen LogP contribution in [0.15, 0.2) is 65.0 Å². The Hall–Kier alpha value is -2.29. The topological polar surface area (TPSA) is 39.4 Å². The fraction of sp³-hybridized carbons (Fsp3) is 0.188. The number of rotatable bonds is 3. The van der Waals surface area contributed by atoms with Crippen LogP contribution in [0, 0.1) is 0 Å². The van der Waals surface area contributed by atoms with Gasteiger partial charge in [0, 0.05) is 24.0 Å². The van der Waals surface area contributed by atoms with Gasteiger partial charge < -0.3 is 9.15 Å². The molecule has 0 N–H and O–H groups in total. The summed E-state index contributed by atoms with van der Waals surface area (Å²) in [5.41, 5.74) is 2.75. The van der Waals surface area contributed by atoms with E-state index in [2.05, 4.69) is 0 Å². The molecule has 1 aliphatic rings. The maximum atomic E-state index is 12.0. The van der Waals surface area contributed by atoms with E-state index < -0.39 is 0 Å². The molecule has 0 saturated heterocycles. The fourth-order valence-corrected chi connectivity index (χ4v) is 2.21. The molecule has 2 heterocycles. The summed E-state index contributed by atoms with van der Waals surface area (Å²) in [6.07, 6.45) is 6.29. The summed E-state index contributed by atoms with van der Waals surface area (Å²) in [6.45, 7) is 0. The Kier molecular flexibility index (Phi) is 3.19. The zero-order valence-corrected chi connectivity index (χ0v) is 10.4. The van der Waals surface area contributed by atoms with Gasteiger partial charge in [0.25, 0.3) is 0 Å². The highest BCUT2D eigenvalue weighted by atomic mass is 16.5. The molecule has 1 unspecified atom stereocenters. The zero-order chi connectivity index (χ0) is 13.1. The second kappa shape index (κ2) is 5.14. The summed E-state index contributed by atoms with van der Waals surface area (Å²) in [6, 6.07) is 11.8. The largest absolute Gasteiger partial charge is 0.472 e. The lowest BCUT2D eigenvalue weighted by molar-refractivity contribution is -0.146. The third kappa shape index (κ3) is 2.60. The van der Waals surface area contributed by atoms with Crippen molar-refractivity contribution in [3.05, 3.63) is 71.7 Å². The van der Waals surface area contributed by atoms with Crippen LogP contribution in [0.25, 0.3) is 0 Å². The first kappa shape index (κ1) is 11.8. The molecule has 3 nitrogen and oxygen atoms in total. The number of hydrogen-bond donors (Lipinski definition) is 0. The number of hydrogen-bond acceptors (Lipinski definition) is 3. The van der Waals surface area contributed by atoms with Crippen molar-refractivity contribution >= 4 is 5.97 Å². The Morgan fingerprint density at radius 3 is 2.68 bits per heavy atom. The molecule has 0 radical (unpaired) electrons. The summed E-state index contributed by atoms with van der Waals surface area (Å²) < 4.78 is 10.5. The van der Waals surface area contributed by atoms with Crippen molar-refractivity contribution in [3.8, 4) is 0 Å². The van der Waals surface area contributed by atoms with Crippen molar-refractivity contribution < 1.29 is 13.9 Å². The minimum absolute atomic E-state index is 0.217. The van der Waals surface area contributed by atoms with E-state index in [0.717, 1.165) is 16.7 Å². The van der Waals surface area contributed by atoms with Crippen LogP contribution in [0.5, 0.6) is 0 Å². The lowest BCUT2D eigenvalue weighted by atomic mass is 9.99. The minimum Gasteiger partial charge on any atom is -0.472 e. The minimum atomic E-state index is -0.235. The van der Waals surface area contributed by atoms with Gasteiger partial charge in [-0.25, -0.2) is 4.79 Å². The third-order valence-corrected chi connectivity index (χ3v) is 3.24. The monoisotopic (exact) mass is 254 g/mol. The van der Waals surface area contributed by atoms with Crippen molar-refractivity contribution in [2.75, 3.05) is 0 Å². The smallest absolute Gasteiger partial charge is 0.334 e. The van der Waals surface area contributed by atoms with Gasteiger partial charge in [-0.15, -0.1) is 0 Å². The van der Waals surface area contributed by atoms with E-state index in [1.165, 1.54) is 0 Å². The van der Waals surface area contributed by atoms with Crippen LogP contribution in [-0.4, -0.2) is 5.97 Å². The van der Waals surface area contributed by atoms with Crippen molar-refractivity contribution in [1.29, 1.82) is 0 Å². The van der Waals surface area contributed by atoms with Crippen LogP contribution >= 0.6 is 0 Å². The number of benzene rings is 1. The first-order valence-electron chi connectivity index (χ1n) is 6.29. The lowest BCUT2D eigenvalue weighted by Crippen LogP contribution is -2.18. The average Bonchev–Trinajstić information content (AvgIpc) is 2.96. The van der Waals surface area contributed by atoms with Crippen LogP contribution in [-0.2, 0) is 16.0 Å². The maximum Gasteiger partial charge on any atom is 0.334 e. The Balaban J connectivity index is 1.73. The quantitative estimate of drug-likeness (QED) is 0.788. The second-order valence-electron chi connectivity index (χ2n) is 4.58. The maximum absolute atomic E-state index is 12.0. The Labute approximate surface area is 111 Å². The number of carbonyl (C=O) groups excluding carboxylic acids is 1. The highest BCUT2D eigenvalue weighted by Crippen LogP contribution is 2.29. The van der Waals surface area contributed by atoms with E-state index in [1.807, 2.05) is 42.5 Å². The first-order chi connectivity index (χ1) is 9.33. The summed E-state index contributed by atoms with van der Waals surface area (Å²) in [4.78, 5) is 12.0. The van der Waals surface area contributed by atoms with Gasteiger partial charge in [0.05, 0.1) is 12.5 Å². The number of esters is 1. The summed E-state index contributed by atoms with van der Waals surface area (Å²) >= 11 is 0. The molecule has 3 rings (SSSR count). The molecule has 0 saturated carbocycles. The van der Waals surface area contributed by atoms with E-state index in [9.17, 15) is 4.79 Å². The van der Waals surface area contributed by atoms with Crippen molar-refractivity contribution in [2.24, 2.45) is 0 Å². The molecule has 2 aromatic rings. The second-order valence-corrected chi connectivity index (χ2v) is 4.58. The summed E-state index contributed by atoms with van der Waals surface area (Å²) in [7, 11) is 0. The van der Waals surface area contributed by atoms with Crippen LogP contribution in [0.4, 0.5) is 0 Å². The van der Waals surface area contributed by atoms with Crippen molar-refractivity contribution in [3.63, 3.8) is 0 Å². The number of ether oxygens (including phenoxy) is 1. The molecule has 1 atom stereocenters. The van der Waals surface area contributed by atoms with Crippen LogP contribution in [0.1, 0.15) is 23.7 Å². The van der Waals surface area contributed by atoms with E-state index in [0.29, 0.717) is 12.8 Å². The SMILES string of the molecule is O=C1OC(c2ccoc2)CC=C1Cc1ccccc1. The molecular formula is C16H14O3. The van der Waals surface area contributed by atoms with Gasteiger partial charge >= 0.3 is 5.97 Å². The highest BCUT2D eigenvalue weighted by molar-refractivity contribution is 5.89. The van der Waals surface area contributed by atoms with Gasteiger partial charge in [0.2, 0.25) is 0 Å². The molecule has 1 aromatic carbocycles. The first-order valence-corrected chi connectivity index (χ1v) is 6.29. The molecule has 3 heteroatoms. The number of furan rings is 1. The molecule has 0 fully saturated rings. The third-order valence-electron chi connectivity index (χ3n) is 3.24. The van der Waals surface area contributed by atoms with E-state index in [1.54, 1.807) is 12.5 Å². The molecule has 96 valence electrons. The standard InChI is InChI=1S/C16H14O3/c17-16-13(10-12-4-2-1-3-5-12)6-7-15(19-16)14-8-9-18-11-14/h1-6,8-9,11,15H,7,10H2. The van der Waals surface area contributed by atoms with Gasteiger partial charge in [-0.3, -0.25) is 0 Å². The number of cyclic esters (lactones) is 1. The van der Waals surface area contributed by atoms with Crippen molar-refractivity contribution in [2.45, 2.75) is 18.9 Å². The Bertz CT molecular complexity index is 582. The Morgan fingerprint density at radius 2 is 2.00 bits per heavy atom. The summed E-state index contributed by atoms with van der Waals surface area (Å²) in [5, 5.41) is 0. The molecule has 0 spiro atoms. The van der Waals surface area contributed by atoms with Gasteiger partial charge in [0.1, 0.15) is 6.10 Å². The molecule has 1 aliphatic heterocycles. The summed E-state index contributed by atoms with van der Waals surface area (Å²) in [5.74, 6) is -0.235. The normalized spacial score (nSPS) is 18.8. The zero-order valence-electron chi connectivity index (χ0n) is 10.4. The van der Waals surface area contributed by atoms with Crippen LogP contribution in [0.3, 0.4) is 0 Å². The molecule has 0 amide bonds. The van der Waals surface area contributed by atoms with E-state index in [4.69, 9.17) is 9.15 Å². The number of carbonyl (C=O) groups is 1. The van der Waals surface area contributed by atoms with Gasteiger partial charge in [-0.05, 0) is 11.6 Å². The molecule has 0 aliphatic carbocycles. The van der Waals surface area contributed by atoms with Crippen LogP contribution in [0.2, 0.25) is 0 Å². The highest BCUT2D eigenvalue weighted by Gasteiger charge is 2.24. The van der Waals surface area contributed by atoms with Gasteiger partial charge in [0.15, 0.2) is 0 Å².